The van der Waals surface area contributed by atoms with Gasteiger partial charge in [-0.25, -0.2) is 4.79 Å². The lowest BCUT2D eigenvalue weighted by molar-refractivity contribution is -0.239. The van der Waals surface area contributed by atoms with Gasteiger partial charge in [-0.1, -0.05) is 0 Å². The highest BCUT2D eigenvalue weighted by molar-refractivity contribution is 7.23. The van der Waals surface area contributed by atoms with Gasteiger partial charge in [-0.05, 0) is 13.8 Å². The minimum atomic E-state index is -1.54. The first-order valence-electron chi connectivity index (χ1n) is 4.56. The molecule has 0 aliphatic carbocycles. The van der Waals surface area contributed by atoms with Crippen LogP contribution < -0.4 is 0 Å². The highest BCUT2D eigenvalue weighted by Gasteiger charge is 2.42. The number of carbonyl (C=O) groups excluding carboxylic acids is 1. The number of hydrogen-bond donors (Lipinski definition) is 0. The summed E-state index contributed by atoms with van der Waals surface area (Å²) in [6.07, 6.45) is 0.358. The van der Waals surface area contributed by atoms with E-state index in [1.54, 1.807) is 13.8 Å². The molecule has 0 amide bonds. The molecule has 88 valence electrons. The molecule has 0 saturated carbocycles. The van der Waals surface area contributed by atoms with Crippen LogP contribution in [0.3, 0.4) is 0 Å². The molecule has 0 aromatic rings. The summed E-state index contributed by atoms with van der Waals surface area (Å²) < 4.78 is 24.9. The number of halogens is 1. The first kappa shape index (κ1) is 14.8. The molecule has 0 aromatic carbocycles. The van der Waals surface area contributed by atoms with Crippen molar-refractivity contribution in [3.63, 3.8) is 0 Å². The minimum absolute atomic E-state index is 0.0896. The molecule has 0 aromatic heterocycles. The van der Waals surface area contributed by atoms with E-state index in [-0.39, 0.29) is 34.3 Å². The number of rotatable bonds is 8. The van der Waals surface area contributed by atoms with Crippen molar-refractivity contribution >= 4 is 26.3 Å². The van der Waals surface area contributed by atoms with Crippen molar-refractivity contribution in [3.8, 4) is 0 Å². The average Bonchev–Trinajstić information content (AvgIpc) is 2.25. The van der Waals surface area contributed by atoms with Crippen molar-refractivity contribution < 1.29 is 23.1 Å². The summed E-state index contributed by atoms with van der Waals surface area (Å²) in [5, 5.41) is 0. The van der Waals surface area contributed by atoms with Gasteiger partial charge in [-0.2, -0.15) is 0 Å². The molecule has 0 aliphatic rings. The lowest BCUT2D eigenvalue weighted by Crippen LogP contribution is -2.45. The smallest absolute Gasteiger partial charge is 0.343 e. The summed E-state index contributed by atoms with van der Waals surface area (Å²) in [6, 6.07) is 0. The summed E-state index contributed by atoms with van der Waals surface area (Å²) in [5.74, 6) is -2.36. The van der Waals surface area contributed by atoms with Crippen LogP contribution in [0.5, 0.6) is 0 Å². The maximum Gasteiger partial charge on any atom is 0.384 e. The van der Waals surface area contributed by atoms with E-state index in [2.05, 4.69) is 4.29 Å². The van der Waals surface area contributed by atoms with Gasteiger partial charge in [-0.3, -0.25) is 4.57 Å². The Kier molecular flexibility index (Phi) is 7.88. The molecule has 0 atom stereocenters. The zero-order valence-electron chi connectivity index (χ0n) is 8.69. The Bertz CT molecular complexity index is 205. The molecule has 0 fully saturated rings. The third-order valence-electron chi connectivity index (χ3n) is 1.67. The average molecular weight is 257 g/mol. The topological polar surface area (TPSA) is 61.8 Å². The van der Waals surface area contributed by atoms with Crippen LogP contribution in [0, 0.1) is 0 Å². The van der Waals surface area contributed by atoms with Crippen molar-refractivity contribution in [1.82, 2.24) is 0 Å². The van der Waals surface area contributed by atoms with Crippen LogP contribution in [0.4, 0.5) is 0 Å². The molecule has 0 aliphatic heterocycles. The zero-order chi connectivity index (χ0) is 11.7. The summed E-state index contributed by atoms with van der Waals surface area (Å²) in [5.41, 5.74) is 0. The van der Waals surface area contributed by atoms with Gasteiger partial charge in [0.2, 0.25) is 0 Å². The maximum atomic E-state index is 11.4. The van der Waals surface area contributed by atoms with Gasteiger partial charge < -0.3 is 13.8 Å². The summed E-state index contributed by atoms with van der Waals surface area (Å²) in [7, 11) is -0.0896. The van der Waals surface area contributed by atoms with Gasteiger partial charge in [0.15, 0.2) is 8.46 Å². The van der Waals surface area contributed by atoms with E-state index in [9.17, 15) is 9.36 Å². The number of hydrogen-bond acceptors (Lipinski definition) is 5. The van der Waals surface area contributed by atoms with Crippen LogP contribution in [0.1, 0.15) is 20.3 Å². The van der Waals surface area contributed by atoms with Crippen LogP contribution in [0.15, 0.2) is 0 Å². The fourth-order valence-electron chi connectivity index (χ4n) is 1.12. The molecule has 0 radical (unpaired) electrons. The van der Waals surface area contributed by atoms with Gasteiger partial charge in [0.05, 0.1) is 0 Å². The van der Waals surface area contributed by atoms with E-state index in [1.807, 2.05) is 0 Å². The fraction of sp³-hybridized carbons (Fsp3) is 0.875. The van der Waals surface area contributed by atoms with Crippen molar-refractivity contribution in [3.05, 3.63) is 0 Å². The Hall–Kier alpha value is -0.220. The molecule has 7 heteroatoms. The third kappa shape index (κ3) is 4.43. The quantitative estimate of drug-likeness (QED) is 0.492. The van der Waals surface area contributed by atoms with Crippen LogP contribution in [0.25, 0.3) is 0 Å². The van der Waals surface area contributed by atoms with Crippen molar-refractivity contribution in [2.24, 2.45) is 0 Å². The summed E-state index contributed by atoms with van der Waals surface area (Å²) in [6.45, 7) is 3.96. The molecule has 15 heavy (non-hydrogen) atoms. The Morgan fingerprint density at radius 2 is 1.87 bits per heavy atom. The molecule has 0 bridgehead atoms. The summed E-state index contributed by atoms with van der Waals surface area (Å²) >= 11 is 5.00. The second-order valence-electron chi connectivity index (χ2n) is 2.59. The lowest BCUT2D eigenvalue weighted by Gasteiger charge is -2.28. The first-order chi connectivity index (χ1) is 7.16. The van der Waals surface area contributed by atoms with Crippen LogP contribution in [-0.4, -0.2) is 31.1 Å². The third-order valence-corrected chi connectivity index (χ3v) is 2.21. The molecule has 0 heterocycles. The van der Waals surface area contributed by atoms with Gasteiger partial charge in [0.1, 0.15) is 11.9 Å². The van der Waals surface area contributed by atoms with Gasteiger partial charge in [0.25, 0.3) is 5.79 Å². The molecular weight excluding hydrogens is 243 g/mol. The minimum Gasteiger partial charge on any atom is -0.343 e. The molecule has 0 saturated heterocycles. The predicted molar refractivity (Wildman–Crippen MR) is 55.0 cm³/mol. The van der Waals surface area contributed by atoms with Crippen LogP contribution in [0.2, 0.25) is 0 Å². The van der Waals surface area contributed by atoms with E-state index in [0.29, 0.717) is 0 Å². The molecule has 0 rings (SSSR count). The van der Waals surface area contributed by atoms with Gasteiger partial charge >= 0.3 is 5.97 Å². The molecule has 0 N–H and O–H groups in total. The van der Waals surface area contributed by atoms with E-state index < -0.39 is 11.8 Å². The molecule has 5 nitrogen and oxygen atoms in total. The zero-order valence-corrected chi connectivity index (χ0v) is 10.3. The summed E-state index contributed by atoms with van der Waals surface area (Å²) in [4.78, 5) is 11.4. The van der Waals surface area contributed by atoms with Gasteiger partial charge in [0, 0.05) is 25.8 Å². The normalized spacial score (nSPS) is 11.7. The van der Waals surface area contributed by atoms with E-state index in [1.165, 1.54) is 0 Å². The van der Waals surface area contributed by atoms with Gasteiger partial charge in [-0.15, -0.1) is 0 Å². The Balaban J connectivity index is 4.69. The second-order valence-corrected chi connectivity index (χ2v) is 3.45. The Morgan fingerprint density at radius 1 is 1.33 bits per heavy atom. The molecule has 0 unspecified atom stereocenters. The van der Waals surface area contributed by atoms with Crippen LogP contribution >= 0.6 is 20.3 Å². The Morgan fingerprint density at radius 3 is 2.20 bits per heavy atom. The maximum absolute atomic E-state index is 11.4. The predicted octanol–water partition coefficient (Wildman–Crippen LogP) is 2.13. The Labute approximate surface area is 95.4 Å². The number of carbonyl (C=O) groups is 1. The first-order valence-corrected chi connectivity index (χ1v) is 5.87. The molecule has 0 spiro atoms. The number of ether oxygens (including phenoxy) is 2. The fourth-order valence-corrected chi connectivity index (χ4v) is 1.63. The largest absolute Gasteiger partial charge is 0.384 e. The highest BCUT2D eigenvalue weighted by Crippen LogP contribution is 2.23. The van der Waals surface area contributed by atoms with Crippen molar-refractivity contribution in [2.75, 3.05) is 19.4 Å². The van der Waals surface area contributed by atoms with E-state index in [0.717, 1.165) is 0 Å². The monoisotopic (exact) mass is 256 g/mol. The van der Waals surface area contributed by atoms with Crippen molar-refractivity contribution in [2.45, 2.75) is 26.1 Å². The molecular formula is C8H14ClO5P. The lowest BCUT2D eigenvalue weighted by atomic mass is 10.2. The highest BCUT2D eigenvalue weighted by atomic mass is 35.5. The standard InChI is InChI=1S/C8H14ClO5P/c1-3-12-8(13-4-2,5-6-15-11)7(10)14-9/h3-6H2,1-2H3. The van der Waals surface area contributed by atoms with Crippen molar-refractivity contribution in [1.29, 1.82) is 0 Å². The van der Waals surface area contributed by atoms with E-state index >= 15 is 0 Å². The SMILES string of the molecule is CCOC(CCP=O)(OCC)C(=O)OCl. The van der Waals surface area contributed by atoms with E-state index in [4.69, 9.17) is 21.3 Å². The van der Waals surface area contributed by atoms with Crippen LogP contribution in [-0.2, 0) is 23.1 Å². The second kappa shape index (κ2) is 7.99.